The molecule has 3 aliphatic rings. The molecular weight excluding hydrogens is 474 g/mol. The summed E-state index contributed by atoms with van der Waals surface area (Å²) >= 11 is 0. The first-order valence-corrected chi connectivity index (χ1v) is 14.1. The van der Waals surface area contributed by atoms with Crippen molar-refractivity contribution in [3.8, 4) is 11.5 Å². The molecule has 0 radical (unpaired) electrons. The van der Waals surface area contributed by atoms with Crippen molar-refractivity contribution in [2.45, 2.75) is 83.5 Å². The van der Waals surface area contributed by atoms with E-state index in [1.54, 1.807) is 7.05 Å². The largest absolute Gasteiger partial charge is 0.487 e. The van der Waals surface area contributed by atoms with Gasteiger partial charge in [0.05, 0.1) is 11.7 Å². The van der Waals surface area contributed by atoms with Crippen LogP contribution in [-0.4, -0.2) is 60.3 Å². The monoisotopic (exact) mass is 513 g/mol. The highest BCUT2D eigenvalue weighted by atomic mass is 16.5. The lowest BCUT2D eigenvalue weighted by atomic mass is 9.71. The Bertz CT molecular complexity index is 1410. The average Bonchev–Trinajstić information content (AvgIpc) is 3.24. The molecule has 1 saturated carbocycles. The number of H-pyrrole nitrogens is 1. The fourth-order valence-electron chi connectivity index (χ4n) is 6.41. The second-order valence-electron chi connectivity index (χ2n) is 12.0. The molecule has 6 nitrogen and oxygen atoms in total. The van der Waals surface area contributed by atoms with E-state index in [4.69, 9.17) is 9.47 Å². The van der Waals surface area contributed by atoms with Gasteiger partial charge in [-0.1, -0.05) is 32.4 Å². The zero-order chi connectivity index (χ0) is 26.6. The molecule has 0 unspecified atom stereocenters. The van der Waals surface area contributed by atoms with Crippen LogP contribution in [0, 0.1) is 0 Å². The third-order valence-electron chi connectivity index (χ3n) is 8.68. The maximum absolute atomic E-state index is 14.0. The van der Waals surface area contributed by atoms with Crippen LogP contribution in [-0.2, 0) is 5.41 Å². The number of aliphatic imine (C=N–C) groups is 1. The van der Waals surface area contributed by atoms with Gasteiger partial charge in [-0.2, -0.15) is 0 Å². The second-order valence-corrected chi connectivity index (χ2v) is 12.0. The van der Waals surface area contributed by atoms with Gasteiger partial charge in [-0.25, -0.2) is 0 Å². The number of nitrogens with one attached hydrogen (secondary N) is 1. The van der Waals surface area contributed by atoms with Crippen LogP contribution in [0.4, 0.5) is 0 Å². The molecule has 1 N–H and O–H groups in total. The van der Waals surface area contributed by atoms with Gasteiger partial charge in [0.1, 0.15) is 6.10 Å². The van der Waals surface area contributed by atoms with E-state index in [0.717, 1.165) is 71.0 Å². The van der Waals surface area contributed by atoms with Gasteiger partial charge in [-0.3, -0.25) is 9.79 Å². The molecule has 1 aliphatic heterocycles. The maximum Gasteiger partial charge on any atom is 0.195 e. The highest BCUT2D eigenvalue weighted by Gasteiger charge is 2.41. The van der Waals surface area contributed by atoms with Crippen LogP contribution in [0.2, 0.25) is 0 Å². The van der Waals surface area contributed by atoms with Gasteiger partial charge in [-0.05, 0) is 68.9 Å². The molecule has 6 rings (SSSR count). The lowest BCUT2D eigenvalue weighted by Gasteiger charge is -2.41. The molecular formula is C32H39N3O3. The van der Waals surface area contributed by atoms with Crippen LogP contribution < -0.4 is 9.47 Å². The second kappa shape index (κ2) is 9.57. The standard InChI is InChI=1S/C32H39N3O3/c1-19(2)37-27-16-24-25(17-28(27)38-22-11-13-35(14-12-22)21-7-6-8-21)32(3,4)31-29(30(24)36)23-10-9-20(18-33-5)15-26(23)34-31/h9-10,15-19,21-22,34H,6-8,11-14H2,1-5H3. The zero-order valence-corrected chi connectivity index (χ0v) is 23.3. The summed E-state index contributed by atoms with van der Waals surface area (Å²) in [6, 6.07) is 10.9. The van der Waals surface area contributed by atoms with E-state index in [2.05, 4.69) is 40.9 Å². The Morgan fingerprint density at radius 2 is 1.84 bits per heavy atom. The van der Waals surface area contributed by atoms with E-state index < -0.39 is 5.41 Å². The van der Waals surface area contributed by atoms with Crippen LogP contribution in [0.3, 0.4) is 0 Å². The smallest absolute Gasteiger partial charge is 0.195 e. The number of carbonyl (C=O) groups is 1. The van der Waals surface area contributed by atoms with Crippen molar-refractivity contribution in [1.29, 1.82) is 0 Å². The van der Waals surface area contributed by atoms with Crippen molar-refractivity contribution in [3.05, 3.63) is 58.3 Å². The Morgan fingerprint density at radius 3 is 2.50 bits per heavy atom. The summed E-state index contributed by atoms with van der Waals surface area (Å²) in [6.45, 7) is 10.6. The Kier molecular flexibility index (Phi) is 6.34. The molecule has 200 valence electrons. The number of piperidine rings is 1. The number of hydrogen-bond acceptors (Lipinski definition) is 5. The van der Waals surface area contributed by atoms with Crippen LogP contribution in [0.25, 0.3) is 10.9 Å². The zero-order valence-electron chi connectivity index (χ0n) is 23.3. The molecule has 0 spiro atoms. The lowest BCUT2D eigenvalue weighted by Crippen LogP contribution is -2.46. The quantitative estimate of drug-likeness (QED) is 0.395. The average molecular weight is 514 g/mol. The first kappa shape index (κ1) is 25.2. The number of ether oxygens (including phenoxy) is 2. The van der Waals surface area contributed by atoms with Crippen LogP contribution in [0.1, 0.15) is 92.5 Å². The number of rotatable bonds is 6. The van der Waals surface area contributed by atoms with Gasteiger partial charge in [0, 0.05) is 60.0 Å². The molecule has 2 aliphatic carbocycles. The fraction of sp³-hybridized carbons (Fsp3) is 0.500. The summed E-state index contributed by atoms with van der Waals surface area (Å²) in [7, 11) is 1.77. The maximum atomic E-state index is 14.0. The highest BCUT2D eigenvalue weighted by Crippen LogP contribution is 2.47. The molecule has 1 aromatic heterocycles. The van der Waals surface area contributed by atoms with Gasteiger partial charge in [0.25, 0.3) is 0 Å². The number of aromatic amines is 1. The van der Waals surface area contributed by atoms with Crippen molar-refractivity contribution >= 4 is 22.9 Å². The van der Waals surface area contributed by atoms with Crippen LogP contribution >= 0.6 is 0 Å². The van der Waals surface area contributed by atoms with Gasteiger partial charge in [-0.15, -0.1) is 0 Å². The molecule has 38 heavy (non-hydrogen) atoms. The number of aromatic nitrogens is 1. The minimum absolute atomic E-state index is 0.0233. The van der Waals surface area contributed by atoms with Crippen molar-refractivity contribution < 1.29 is 14.3 Å². The number of nitrogens with zero attached hydrogens (tertiary/aromatic N) is 2. The Balaban J connectivity index is 1.37. The third-order valence-corrected chi connectivity index (χ3v) is 8.68. The first-order valence-electron chi connectivity index (χ1n) is 14.1. The summed E-state index contributed by atoms with van der Waals surface area (Å²) in [5.41, 5.74) is 4.94. The van der Waals surface area contributed by atoms with Crippen LogP contribution in [0.15, 0.2) is 35.3 Å². The van der Waals surface area contributed by atoms with Crippen molar-refractivity contribution in [2.75, 3.05) is 20.1 Å². The van der Waals surface area contributed by atoms with E-state index in [1.807, 2.05) is 38.3 Å². The highest BCUT2D eigenvalue weighted by molar-refractivity contribution is 6.20. The van der Waals surface area contributed by atoms with E-state index >= 15 is 0 Å². The number of hydrogen-bond donors (Lipinski definition) is 1. The number of fused-ring (bicyclic) bond motifs is 4. The molecule has 2 fully saturated rings. The Labute approximate surface area is 225 Å². The molecule has 2 heterocycles. The van der Waals surface area contributed by atoms with Gasteiger partial charge >= 0.3 is 0 Å². The number of carbonyl (C=O) groups excluding carboxylic acids is 1. The lowest BCUT2D eigenvalue weighted by molar-refractivity contribution is 0.0473. The van der Waals surface area contributed by atoms with E-state index in [0.29, 0.717) is 11.3 Å². The van der Waals surface area contributed by atoms with E-state index in [9.17, 15) is 4.79 Å². The summed E-state index contributed by atoms with van der Waals surface area (Å²) in [5.74, 6) is 1.45. The number of ketones is 1. The third kappa shape index (κ3) is 4.23. The van der Waals surface area contributed by atoms with Gasteiger partial charge in [0.15, 0.2) is 17.3 Å². The van der Waals surface area contributed by atoms with Crippen molar-refractivity contribution in [2.24, 2.45) is 4.99 Å². The first-order chi connectivity index (χ1) is 18.3. The molecule has 2 aromatic carbocycles. The molecule has 0 bridgehead atoms. The predicted octanol–water partition coefficient (Wildman–Crippen LogP) is 6.27. The Hall–Kier alpha value is -3.12. The summed E-state index contributed by atoms with van der Waals surface area (Å²) < 4.78 is 12.9. The van der Waals surface area contributed by atoms with Crippen molar-refractivity contribution in [3.63, 3.8) is 0 Å². The van der Waals surface area contributed by atoms with Crippen LogP contribution in [0.5, 0.6) is 11.5 Å². The normalized spacial score (nSPS) is 20.1. The van der Waals surface area contributed by atoms with Crippen molar-refractivity contribution in [1.82, 2.24) is 9.88 Å². The molecule has 3 aromatic rings. The Morgan fingerprint density at radius 1 is 1.08 bits per heavy atom. The summed E-state index contributed by atoms with van der Waals surface area (Å²) in [4.78, 5) is 24.4. The molecule has 0 amide bonds. The minimum atomic E-state index is -0.404. The van der Waals surface area contributed by atoms with E-state index in [1.165, 1.54) is 19.3 Å². The van der Waals surface area contributed by atoms with Gasteiger partial charge < -0.3 is 19.4 Å². The molecule has 1 saturated heterocycles. The summed E-state index contributed by atoms with van der Waals surface area (Å²) in [5, 5.41) is 0.946. The minimum Gasteiger partial charge on any atom is -0.487 e. The predicted molar refractivity (Wildman–Crippen MR) is 152 cm³/mol. The number of benzene rings is 2. The number of likely N-dealkylation sites (tertiary alicyclic amines) is 1. The molecule has 6 heteroatoms. The SMILES string of the molecule is CN=Cc1ccc2c3c([nH]c2c1)C(C)(C)c1cc(OC2CCN(C4CCC4)CC2)c(OC(C)C)cc1C3=O. The summed E-state index contributed by atoms with van der Waals surface area (Å²) in [6.07, 6.45) is 8.06. The molecule has 0 atom stereocenters. The fourth-order valence-corrected chi connectivity index (χ4v) is 6.41. The van der Waals surface area contributed by atoms with E-state index in [-0.39, 0.29) is 18.0 Å². The van der Waals surface area contributed by atoms with Gasteiger partial charge in [0.2, 0.25) is 0 Å². The topological polar surface area (TPSA) is 66.9 Å².